The first-order valence-corrected chi connectivity index (χ1v) is 6.99. The van der Waals surface area contributed by atoms with E-state index in [4.69, 9.17) is 21.9 Å². The molecule has 21 heavy (non-hydrogen) atoms. The molecule has 0 spiro atoms. The smallest absolute Gasteiger partial charge is 0.239 e. The van der Waals surface area contributed by atoms with E-state index >= 15 is 0 Å². The molecule has 0 aliphatic carbocycles. The monoisotopic (exact) mass is 305 g/mol. The fourth-order valence-corrected chi connectivity index (χ4v) is 2.22. The van der Waals surface area contributed by atoms with Crippen molar-refractivity contribution < 1.29 is 4.74 Å². The van der Waals surface area contributed by atoms with E-state index in [2.05, 4.69) is 15.0 Å². The number of aryl methyl sites for hydroxylation is 1. The number of nitrogens with zero attached hydrogens (tertiary/aromatic N) is 5. The van der Waals surface area contributed by atoms with Gasteiger partial charge in [0.05, 0.1) is 6.04 Å². The zero-order valence-corrected chi connectivity index (χ0v) is 12.9. The topological polar surface area (TPSA) is 75.8 Å². The second kappa shape index (κ2) is 6.52. The molecule has 0 bridgehead atoms. The van der Waals surface area contributed by atoms with Crippen LogP contribution in [-0.2, 0) is 6.54 Å². The number of ether oxygens (including phenoxy) is 1. The molecule has 0 radical (unpaired) electrons. The van der Waals surface area contributed by atoms with Gasteiger partial charge in [-0.25, -0.2) is 4.98 Å². The first-order valence-electron chi connectivity index (χ1n) is 6.61. The summed E-state index contributed by atoms with van der Waals surface area (Å²) < 4.78 is 7.64. The lowest BCUT2D eigenvalue weighted by Crippen LogP contribution is -2.05. The van der Waals surface area contributed by atoms with Crippen molar-refractivity contribution in [3.63, 3.8) is 0 Å². The summed E-state index contributed by atoms with van der Waals surface area (Å²) in [6, 6.07) is 7.24. The molecule has 0 amide bonds. The van der Waals surface area contributed by atoms with Crippen molar-refractivity contribution in [3.8, 4) is 11.6 Å². The minimum Gasteiger partial charge on any atom is -0.438 e. The van der Waals surface area contributed by atoms with E-state index in [1.165, 1.54) is 0 Å². The highest BCUT2D eigenvalue weighted by Gasteiger charge is 2.20. The average molecular weight is 306 g/mol. The van der Waals surface area contributed by atoms with Crippen molar-refractivity contribution >= 4 is 11.6 Å². The molecule has 1 heterocycles. The molecule has 1 unspecified atom stereocenters. The van der Waals surface area contributed by atoms with Gasteiger partial charge in [0.25, 0.3) is 0 Å². The maximum atomic E-state index is 8.56. The number of benzene rings is 1. The molecule has 0 fully saturated rings. The summed E-state index contributed by atoms with van der Waals surface area (Å²) in [6.07, 6.45) is 0. The summed E-state index contributed by atoms with van der Waals surface area (Å²) in [6.45, 7) is 6.33. The largest absolute Gasteiger partial charge is 0.438 e. The van der Waals surface area contributed by atoms with Crippen molar-refractivity contribution in [2.45, 2.75) is 33.4 Å². The third kappa shape index (κ3) is 3.29. The molecule has 2 rings (SSSR count). The highest BCUT2D eigenvalue weighted by atomic mass is 35.5. The SMILES string of the molecule is CCn1c(C(C)N=[N+]=[N-])nc(Cl)c1Oc1ccc(C)cc1. The second-order valence-electron chi connectivity index (χ2n) is 4.61. The normalized spacial score (nSPS) is 11.8. The molecule has 1 aromatic heterocycles. The van der Waals surface area contributed by atoms with Crippen LogP contribution < -0.4 is 4.74 Å². The zero-order valence-electron chi connectivity index (χ0n) is 12.1. The maximum absolute atomic E-state index is 8.56. The number of rotatable bonds is 5. The number of aromatic nitrogens is 2. The van der Waals surface area contributed by atoms with Crippen LogP contribution >= 0.6 is 11.6 Å². The van der Waals surface area contributed by atoms with Gasteiger partial charge >= 0.3 is 0 Å². The van der Waals surface area contributed by atoms with Crippen LogP contribution in [0.3, 0.4) is 0 Å². The average Bonchev–Trinajstić information content (AvgIpc) is 2.78. The van der Waals surface area contributed by atoms with Crippen LogP contribution in [0.4, 0.5) is 0 Å². The minimum atomic E-state index is -0.414. The first-order chi connectivity index (χ1) is 10.1. The lowest BCUT2D eigenvalue weighted by Gasteiger charge is -2.12. The Balaban J connectivity index is 2.39. The van der Waals surface area contributed by atoms with Crippen LogP contribution in [0.1, 0.15) is 31.3 Å². The molecular formula is C14H16ClN5O. The Morgan fingerprint density at radius 3 is 2.67 bits per heavy atom. The molecule has 0 saturated carbocycles. The molecule has 7 heteroatoms. The van der Waals surface area contributed by atoms with Gasteiger partial charge in [0.15, 0.2) is 5.15 Å². The summed E-state index contributed by atoms with van der Waals surface area (Å²) in [5.41, 5.74) is 9.70. The molecule has 0 aliphatic heterocycles. The Labute approximate surface area is 128 Å². The summed E-state index contributed by atoms with van der Waals surface area (Å²) in [5.74, 6) is 1.72. The summed E-state index contributed by atoms with van der Waals surface area (Å²) in [4.78, 5) is 7.06. The van der Waals surface area contributed by atoms with Crippen LogP contribution in [0, 0.1) is 6.92 Å². The van der Waals surface area contributed by atoms with Gasteiger partial charge in [-0.15, -0.1) is 0 Å². The number of hydrogen-bond acceptors (Lipinski definition) is 3. The first kappa shape index (κ1) is 15.2. The quantitative estimate of drug-likeness (QED) is 0.441. The Bertz CT molecular complexity index is 673. The van der Waals surface area contributed by atoms with Crippen molar-refractivity contribution in [1.82, 2.24) is 9.55 Å². The van der Waals surface area contributed by atoms with Crippen LogP contribution in [0.2, 0.25) is 5.15 Å². The van der Waals surface area contributed by atoms with E-state index in [0.717, 1.165) is 5.56 Å². The van der Waals surface area contributed by atoms with Crippen LogP contribution in [0.25, 0.3) is 10.4 Å². The molecule has 6 nitrogen and oxygen atoms in total. The van der Waals surface area contributed by atoms with Gasteiger partial charge < -0.3 is 4.74 Å². The van der Waals surface area contributed by atoms with Gasteiger partial charge in [-0.05, 0) is 38.4 Å². The number of hydrogen-bond donors (Lipinski definition) is 0. The number of azide groups is 1. The summed E-state index contributed by atoms with van der Waals surface area (Å²) in [7, 11) is 0. The molecule has 110 valence electrons. The lowest BCUT2D eigenvalue weighted by molar-refractivity contribution is 0.425. The third-order valence-electron chi connectivity index (χ3n) is 3.06. The fraction of sp³-hybridized carbons (Fsp3) is 0.357. The maximum Gasteiger partial charge on any atom is 0.239 e. The summed E-state index contributed by atoms with van der Waals surface area (Å²) >= 11 is 6.16. The molecule has 1 aromatic carbocycles. The highest BCUT2D eigenvalue weighted by molar-refractivity contribution is 6.30. The van der Waals surface area contributed by atoms with Crippen molar-refractivity contribution in [2.75, 3.05) is 0 Å². The van der Waals surface area contributed by atoms with Crippen molar-refractivity contribution in [2.24, 2.45) is 5.11 Å². The fourth-order valence-electron chi connectivity index (χ4n) is 1.99. The zero-order chi connectivity index (χ0) is 15.4. The van der Waals surface area contributed by atoms with E-state index in [0.29, 0.717) is 24.0 Å². The Kier molecular flexibility index (Phi) is 4.73. The van der Waals surface area contributed by atoms with E-state index in [1.807, 2.05) is 42.7 Å². The molecule has 0 saturated heterocycles. The molecule has 0 aliphatic rings. The van der Waals surface area contributed by atoms with E-state index in [-0.39, 0.29) is 5.15 Å². The predicted octanol–water partition coefficient (Wildman–Crippen LogP) is 5.03. The standard InChI is InChI=1S/C14H16ClN5O/c1-4-20-13(10(3)18-19-16)17-12(15)14(20)21-11-7-5-9(2)6-8-11/h5-8,10H,4H2,1-3H3. The van der Waals surface area contributed by atoms with Gasteiger partial charge in [0.2, 0.25) is 5.88 Å². The second-order valence-corrected chi connectivity index (χ2v) is 4.96. The van der Waals surface area contributed by atoms with Gasteiger partial charge in [-0.1, -0.05) is 34.4 Å². The summed E-state index contributed by atoms with van der Waals surface area (Å²) in [5, 5.41) is 3.92. The molecular weight excluding hydrogens is 290 g/mol. The van der Waals surface area contributed by atoms with Crippen molar-refractivity contribution in [3.05, 3.63) is 51.2 Å². The van der Waals surface area contributed by atoms with Gasteiger partial charge in [0, 0.05) is 11.5 Å². The number of halogens is 1. The molecule has 2 aromatic rings. The van der Waals surface area contributed by atoms with Crippen LogP contribution in [-0.4, -0.2) is 9.55 Å². The minimum absolute atomic E-state index is 0.257. The van der Waals surface area contributed by atoms with Gasteiger partial charge in [-0.2, -0.15) is 0 Å². The Morgan fingerprint density at radius 2 is 2.10 bits per heavy atom. The highest BCUT2D eigenvalue weighted by Crippen LogP contribution is 2.33. The van der Waals surface area contributed by atoms with Gasteiger partial charge in [0.1, 0.15) is 11.6 Å². The molecule has 0 N–H and O–H groups in total. The molecule has 1 atom stereocenters. The Hall–Kier alpha value is -2.17. The van der Waals surface area contributed by atoms with E-state index < -0.39 is 6.04 Å². The van der Waals surface area contributed by atoms with Gasteiger partial charge in [-0.3, -0.25) is 4.57 Å². The van der Waals surface area contributed by atoms with E-state index in [9.17, 15) is 0 Å². The van der Waals surface area contributed by atoms with Crippen LogP contribution in [0.5, 0.6) is 11.6 Å². The third-order valence-corrected chi connectivity index (χ3v) is 3.31. The predicted molar refractivity (Wildman–Crippen MR) is 81.7 cm³/mol. The van der Waals surface area contributed by atoms with Crippen LogP contribution in [0.15, 0.2) is 29.4 Å². The van der Waals surface area contributed by atoms with Crippen molar-refractivity contribution in [1.29, 1.82) is 0 Å². The lowest BCUT2D eigenvalue weighted by atomic mass is 10.2. The Morgan fingerprint density at radius 1 is 1.43 bits per heavy atom. The number of imidazole rings is 1. The van der Waals surface area contributed by atoms with E-state index in [1.54, 1.807) is 6.92 Å².